The van der Waals surface area contributed by atoms with E-state index in [4.69, 9.17) is 16.3 Å². The van der Waals surface area contributed by atoms with Crippen molar-refractivity contribution in [2.45, 2.75) is 37.9 Å². The van der Waals surface area contributed by atoms with Gasteiger partial charge >= 0.3 is 12.2 Å². The van der Waals surface area contributed by atoms with Gasteiger partial charge in [0.2, 0.25) is 5.54 Å². The fourth-order valence-corrected chi connectivity index (χ4v) is 3.93. The maximum atomic E-state index is 14.4. The van der Waals surface area contributed by atoms with Crippen LogP contribution in [0.25, 0.3) is 0 Å². The van der Waals surface area contributed by atoms with Crippen LogP contribution in [-0.2, 0) is 12.1 Å². The molecule has 0 radical (unpaired) electrons. The third kappa shape index (κ3) is 4.68. The Kier molecular flexibility index (Phi) is 6.04. The Morgan fingerprint density at radius 1 is 1.16 bits per heavy atom. The van der Waals surface area contributed by atoms with Crippen LogP contribution in [0.5, 0.6) is 5.75 Å². The van der Waals surface area contributed by atoms with Crippen LogP contribution in [0.2, 0.25) is 24.7 Å². The number of hydrogen-bond donors (Lipinski definition) is 1. The van der Waals surface area contributed by atoms with E-state index in [0.717, 1.165) is 5.56 Å². The summed E-state index contributed by atoms with van der Waals surface area (Å²) in [7, 11) is -0.649. The van der Waals surface area contributed by atoms with Gasteiger partial charge in [0.05, 0.1) is 19.3 Å². The van der Waals surface area contributed by atoms with E-state index in [1.54, 1.807) is 24.3 Å². The largest absolute Gasteiger partial charge is 0.497 e. The number of amides is 2. The van der Waals surface area contributed by atoms with Gasteiger partial charge < -0.3 is 10.1 Å². The predicted molar refractivity (Wildman–Crippen MR) is 118 cm³/mol. The van der Waals surface area contributed by atoms with E-state index in [-0.39, 0.29) is 22.8 Å². The first-order chi connectivity index (χ1) is 14.4. The van der Waals surface area contributed by atoms with Gasteiger partial charge in [-0.1, -0.05) is 49.3 Å². The lowest BCUT2D eigenvalue weighted by Crippen LogP contribution is -2.62. The molecule has 1 N–H and O–H groups in total. The molecule has 0 aliphatic carbocycles. The summed E-state index contributed by atoms with van der Waals surface area (Å²) in [6.45, 7) is 5.58. The van der Waals surface area contributed by atoms with Gasteiger partial charge in [-0.2, -0.15) is 13.2 Å². The highest BCUT2D eigenvalue weighted by Gasteiger charge is 2.60. The average molecular weight is 467 g/mol. The molecule has 1 atom stereocenters. The summed E-state index contributed by atoms with van der Waals surface area (Å²) in [5, 5.41) is 2.27. The van der Waals surface area contributed by atoms with Crippen LogP contribution in [0.3, 0.4) is 0 Å². The number of anilines is 1. The fourth-order valence-electron chi connectivity index (χ4n) is 3.19. The standard InChI is InChI=1S/C22H22ClF3N2O2Si/c1-30-17-8-5-15(6-9-17)14-28-19-10-7-16(23)13-18(19)21(22(24,25)26,27-20(28)29)11-12-31(2,3)4/h5-10,13H,14H2,1-4H3,(H,27,29)/t21-/m0/s1. The van der Waals surface area contributed by atoms with Crippen molar-refractivity contribution in [1.29, 1.82) is 0 Å². The van der Waals surface area contributed by atoms with Crippen LogP contribution >= 0.6 is 11.6 Å². The van der Waals surface area contributed by atoms with Crippen molar-refractivity contribution in [1.82, 2.24) is 5.32 Å². The minimum atomic E-state index is -4.85. The van der Waals surface area contributed by atoms with E-state index in [1.165, 1.54) is 30.2 Å². The number of nitrogens with one attached hydrogen (secondary N) is 1. The molecule has 1 aliphatic heterocycles. The smallest absolute Gasteiger partial charge is 0.427 e. The van der Waals surface area contributed by atoms with Crippen LogP contribution < -0.4 is 15.0 Å². The van der Waals surface area contributed by atoms with E-state index in [9.17, 15) is 18.0 Å². The molecule has 0 saturated heterocycles. The Morgan fingerprint density at radius 2 is 1.81 bits per heavy atom. The van der Waals surface area contributed by atoms with E-state index < -0.39 is 25.8 Å². The number of fused-ring (bicyclic) bond motifs is 1. The molecule has 3 rings (SSSR count). The van der Waals surface area contributed by atoms with Gasteiger partial charge in [-0.25, -0.2) is 4.79 Å². The summed E-state index contributed by atoms with van der Waals surface area (Å²) in [4.78, 5) is 14.2. The number of nitrogens with zero attached hydrogens (tertiary/aromatic N) is 1. The number of carbonyl (C=O) groups is 1. The number of ether oxygens (including phenoxy) is 1. The molecule has 4 nitrogen and oxygen atoms in total. The highest BCUT2D eigenvalue weighted by molar-refractivity contribution is 6.83. The molecule has 0 spiro atoms. The molecule has 2 aromatic rings. The van der Waals surface area contributed by atoms with Crippen molar-refractivity contribution >= 4 is 31.4 Å². The predicted octanol–water partition coefficient (Wildman–Crippen LogP) is 5.72. The van der Waals surface area contributed by atoms with E-state index in [1.807, 2.05) is 19.6 Å². The second-order valence-electron chi connectivity index (χ2n) is 8.27. The third-order valence-electron chi connectivity index (χ3n) is 4.74. The van der Waals surface area contributed by atoms with Crippen molar-refractivity contribution in [3.8, 4) is 17.2 Å². The molecular formula is C22H22ClF3N2O2Si. The molecule has 2 amide bonds. The second kappa shape index (κ2) is 8.13. The van der Waals surface area contributed by atoms with Crippen LogP contribution in [0, 0.1) is 11.5 Å². The second-order valence-corrected chi connectivity index (χ2v) is 13.5. The number of urea groups is 1. The van der Waals surface area contributed by atoms with Gasteiger partial charge in [-0.05, 0) is 35.9 Å². The van der Waals surface area contributed by atoms with Crippen molar-refractivity contribution in [3.05, 3.63) is 58.6 Å². The van der Waals surface area contributed by atoms with Crippen molar-refractivity contribution < 1.29 is 22.7 Å². The molecule has 0 saturated carbocycles. The maximum absolute atomic E-state index is 14.4. The monoisotopic (exact) mass is 466 g/mol. The van der Waals surface area contributed by atoms with Crippen molar-refractivity contribution in [3.63, 3.8) is 0 Å². The normalized spacial score (nSPS) is 18.6. The van der Waals surface area contributed by atoms with Gasteiger partial charge in [0.15, 0.2) is 0 Å². The van der Waals surface area contributed by atoms with Crippen LogP contribution in [-0.4, -0.2) is 27.4 Å². The molecule has 0 aromatic heterocycles. The summed E-state index contributed by atoms with van der Waals surface area (Å²) in [5.41, 5.74) is 0.598. The molecular weight excluding hydrogens is 445 g/mol. The van der Waals surface area contributed by atoms with Gasteiger partial charge in [0.25, 0.3) is 0 Å². The lowest BCUT2D eigenvalue weighted by atomic mass is 9.86. The van der Waals surface area contributed by atoms with Crippen molar-refractivity contribution in [2.75, 3.05) is 12.0 Å². The first-order valence-electron chi connectivity index (χ1n) is 9.50. The molecule has 31 heavy (non-hydrogen) atoms. The zero-order valence-electron chi connectivity index (χ0n) is 17.5. The van der Waals surface area contributed by atoms with Gasteiger partial charge in [0.1, 0.15) is 13.8 Å². The Hall–Kier alpha value is -2.63. The Balaban J connectivity index is 2.16. The lowest BCUT2D eigenvalue weighted by Gasteiger charge is -2.42. The number of halogens is 4. The third-order valence-corrected chi connectivity index (χ3v) is 5.85. The highest BCUT2D eigenvalue weighted by atomic mass is 35.5. The molecule has 2 aromatic carbocycles. The number of carbonyl (C=O) groups excluding carboxylic acids is 1. The van der Waals surface area contributed by atoms with Crippen LogP contribution in [0.1, 0.15) is 11.1 Å². The first kappa shape index (κ1) is 23.0. The number of hydrogen-bond acceptors (Lipinski definition) is 2. The molecule has 9 heteroatoms. The maximum Gasteiger partial charge on any atom is 0.427 e. The molecule has 0 fully saturated rings. The highest BCUT2D eigenvalue weighted by Crippen LogP contribution is 2.46. The Bertz CT molecular complexity index is 1060. The minimum absolute atomic E-state index is 0.0693. The number of methoxy groups -OCH3 is 1. The summed E-state index contributed by atoms with van der Waals surface area (Å²) in [6, 6.07) is 10.2. The Morgan fingerprint density at radius 3 is 2.35 bits per heavy atom. The molecule has 0 unspecified atom stereocenters. The summed E-state index contributed by atoms with van der Waals surface area (Å²) >= 11 is 6.07. The fraction of sp³-hybridized carbons (Fsp3) is 0.318. The summed E-state index contributed by atoms with van der Waals surface area (Å²) in [5.74, 6) is 3.02. The average Bonchev–Trinajstić information content (AvgIpc) is 2.68. The molecule has 1 aliphatic rings. The van der Waals surface area contributed by atoms with E-state index >= 15 is 0 Å². The van der Waals surface area contributed by atoms with Crippen LogP contribution in [0.15, 0.2) is 42.5 Å². The number of alkyl halides is 3. The SMILES string of the molecule is COc1ccc(CN2C(=O)N[C@](C#C[Si](C)(C)C)(C(F)(F)F)c3cc(Cl)ccc32)cc1. The quantitative estimate of drug-likeness (QED) is 0.464. The van der Waals surface area contributed by atoms with Gasteiger partial charge in [-0.3, -0.25) is 4.90 Å². The number of rotatable bonds is 3. The summed E-state index contributed by atoms with van der Waals surface area (Å²) < 4.78 is 48.4. The topological polar surface area (TPSA) is 41.6 Å². The zero-order chi connectivity index (χ0) is 23.0. The lowest BCUT2D eigenvalue weighted by molar-refractivity contribution is -0.178. The van der Waals surface area contributed by atoms with Gasteiger partial charge in [0, 0.05) is 10.6 Å². The molecule has 164 valence electrons. The van der Waals surface area contributed by atoms with Crippen molar-refractivity contribution in [2.24, 2.45) is 0 Å². The van der Waals surface area contributed by atoms with E-state index in [2.05, 4.69) is 16.8 Å². The zero-order valence-corrected chi connectivity index (χ0v) is 19.3. The van der Waals surface area contributed by atoms with Crippen LogP contribution in [0.4, 0.5) is 23.7 Å². The van der Waals surface area contributed by atoms with E-state index in [0.29, 0.717) is 5.75 Å². The molecule has 1 heterocycles. The van der Waals surface area contributed by atoms with Gasteiger partial charge in [-0.15, -0.1) is 5.54 Å². The molecule has 0 bridgehead atoms. The first-order valence-corrected chi connectivity index (χ1v) is 13.4. The minimum Gasteiger partial charge on any atom is -0.497 e. The Labute approximate surface area is 185 Å². The number of benzene rings is 2. The summed E-state index contributed by atoms with van der Waals surface area (Å²) in [6.07, 6.45) is -4.85.